The number of carbonyl (C=O) groups is 1. The highest BCUT2D eigenvalue weighted by Gasteiger charge is 2.34. The molecule has 1 aromatic heterocycles. The van der Waals surface area contributed by atoms with E-state index in [1.807, 2.05) is 41.5 Å². The Bertz CT molecular complexity index is 649. The number of ether oxygens (including phenoxy) is 1. The van der Waals surface area contributed by atoms with E-state index in [2.05, 4.69) is 4.98 Å². The van der Waals surface area contributed by atoms with Crippen LogP contribution in [-0.2, 0) is 6.54 Å². The summed E-state index contributed by atoms with van der Waals surface area (Å²) in [7, 11) is 1.59. The number of aryl methyl sites for hydroxylation is 1. The number of thiazole rings is 1. The van der Waals surface area contributed by atoms with Gasteiger partial charge in [-0.25, -0.2) is 4.98 Å². The normalized spacial score (nSPS) is 14.0. The Kier molecular flexibility index (Phi) is 3.92. The number of hydrogen-bond acceptors (Lipinski definition) is 4. The number of aromatic nitrogens is 1. The van der Waals surface area contributed by atoms with Gasteiger partial charge < -0.3 is 9.64 Å². The Balaban J connectivity index is 1.85. The minimum Gasteiger partial charge on any atom is -0.496 e. The van der Waals surface area contributed by atoms with E-state index in [0.717, 1.165) is 23.5 Å². The van der Waals surface area contributed by atoms with Crippen LogP contribution < -0.4 is 4.74 Å². The zero-order valence-corrected chi connectivity index (χ0v) is 13.0. The maximum absolute atomic E-state index is 12.8. The van der Waals surface area contributed by atoms with E-state index in [-0.39, 0.29) is 5.91 Å². The second-order valence-electron chi connectivity index (χ2n) is 5.22. The van der Waals surface area contributed by atoms with Crippen molar-refractivity contribution in [1.29, 1.82) is 0 Å². The quantitative estimate of drug-likeness (QED) is 0.851. The Morgan fingerprint density at radius 1 is 1.43 bits per heavy atom. The molecule has 1 aliphatic rings. The second-order valence-corrected chi connectivity index (χ2v) is 6.28. The maximum Gasteiger partial charge on any atom is 0.258 e. The number of para-hydroxylation sites is 1. The fraction of sp³-hybridized carbons (Fsp3) is 0.375. The van der Waals surface area contributed by atoms with Gasteiger partial charge in [0.2, 0.25) is 0 Å². The standard InChI is InChI=1S/C16H18N2O2S/c1-11-17-12(10-21-11)9-18(13-7-8-13)16(19)14-5-3-4-6-15(14)20-2/h3-6,10,13H,7-9H2,1-2H3. The molecule has 0 unspecified atom stereocenters. The summed E-state index contributed by atoms with van der Waals surface area (Å²) in [5.41, 5.74) is 1.59. The van der Waals surface area contributed by atoms with Gasteiger partial charge in [-0.1, -0.05) is 12.1 Å². The largest absolute Gasteiger partial charge is 0.496 e. The molecule has 1 fully saturated rings. The molecule has 4 nitrogen and oxygen atoms in total. The summed E-state index contributed by atoms with van der Waals surface area (Å²) in [6, 6.07) is 7.73. The zero-order valence-electron chi connectivity index (χ0n) is 12.2. The first-order valence-corrected chi connectivity index (χ1v) is 7.92. The number of rotatable bonds is 5. The monoisotopic (exact) mass is 302 g/mol. The van der Waals surface area contributed by atoms with Crippen molar-refractivity contribution < 1.29 is 9.53 Å². The van der Waals surface area contributed by atoms with Crippen LogP contribution in [0.5, 0.6) is 5.75 Å². The number of hydrogen-bond donors (Lipinski definition) is 0. The molecular weight excluding hydrogens is 284 g/mol. The number of amides is 1. The van der Waals surface area contributed by atoms with E-state index < -0.39 is 0 Å². The van der Waals surface area contributed by atoms with Gasteiger partial charge in [0.25, 0.3) is 5.91 Å². The molecule has 0 saturated heterocycles. The third-order valence-corrected chi connectivity index (χ3v) is 4.41. The smallest absolute Gasteiger partial charge is 0.258 e. The van der Waals surface area contributed by atoms with Crippen molar-refractivity contribution in [3.05, 3.63) is 45.9 Å². The van der Waals surface area contributed by atoms with Crippen molar-refractivity contribution in [1.82, 2.24) is 9.88 Å². The fourth-order valence-corrected chi connectivity index (χ4v) is 2.99. The summed E-state index contributed by atoms with van der Waals surface area (Å²) in [5.74, 6) is 0.656. The van der Waals surface area contributed by atoms with E-state index in [0.29, 0.717) is 23.9 Å². The van der Waals surface area contributed by atoms with E-state index in [4.69, 9.17) is 4.74 Å². The molecule has 1 saturated carbocycles. The molecule has 21 heavy (non-hydrogen) atoms. The van der Waals surface area contributed by atoms with Crippen LogP contribution in [0.15, 0.2) is 29.6 Å². The summed E-state index contributed by atoms with van der Waals surface area (Å²) in [4.78, 5) is 19.2. The molecule has 0 spiro atoms. The molecule has 0 aliphatic heterocycles. The first-order valence-electron chi connectivity index (χ1n) is 7.04. The van der Waals surface area contributed by atoms with E-state index in [1.54, 1.807) is 18.4 Å². The zero-order chi connectivity index (χ0) is 14.8. The minimum absolute atomic E-state index is 0.0283. The first kappa shape index (κ1) is 14.1. The van der Waals surface area contributed by atoms with Crippen molar-refractivity contribution >= 4 is 17.2 Å². The lowest BCUT2D eigenvalue weighted by Crippen LogP contribution is -2.33. The van der Waals surface area contributed by atoms with E-state index >= 15 is 0 Å². The maximum atomic E-state index is 12.8. The lowest BCUT2D eigenvalue weighted by molar-refractivity contribution is 0.0724. The van der Waals surface area contributed by atoms with Gasteiger partial charge in [0.15, 0.2) is 0 Å². The average Bonchev–Trinajstić information content (AvgIpc) is 3.26. The van der Waals surface area contributed by atoms with Crippen LogP contribution >= 0.6 is 11.3 Å². The van der Waals surface area contributed by atoms with Crippen molar-refractivity contribution in [2.75, 3.05) is 7.11 Å². The topological polar surface area (TPSA) is 42.4 Å². The second kappa shape index (κ2) is 5.85. The highest BCUT2D eigenvalue weighted by molar-refractivity contribution is 7.09. The highest BCUT2D eigenvalue weighted by atomic mass is 32.1. The van der Waals surface area contributed by atoms with Crippen LogP contribution in [0.4, 0.5) is 0 Å². The molecule has 0 N–H and O–H groups in total. The number of nitrogens with zero attached hydrogens (tertiary/aromatic N) is 2. The van der Waals surface area contributed by atoms with Gasteiger partial charge in [0.05, 0.1) is 29.9 Å². The first-order chi connectivity index (χ1) is 10.2. The molecule has 1 aromatic carbocycles. The van der Waals surface area contributed by atoms with Crippen LogP contribution in [-0.4, -0.2) is 28.9 Å². The van der Waals surface area contributed by atoms with Gasteiger partial charge in [-0.3, -0.25) is 4.79 Å². The molecule has 5 heteroatoms. The van der Waals surface area contributed by atoms with Crippen molar-refractivity contribution in [3.63, 3.8) is 0 Å². The fourth-order valence-electron chi connectivity index (χ4n) is 2.38. The molecule has 1 amide bonds. The summed E-state index contributed by atoms with van der Waals surface area (Å²) < 4.78 is 5.31. The molecular formula is C16H18N2O2S. The summed E-state index contributed by atoms with van der Waals surface area (Å²) in [5, 5.41) is 3.06. The van der Waals surface area contributed by atoms with Crippen LogP contribution in [0, 0.1) is 6.92 Å². The van der Waals surface area contributed by atoms with Crippen molar-refractivity contribution in [3.8, 4) is 5.75 Å². The highest BCUT2D eigenvalue weighted by Crippen LogP contribution is 2.31. The third-order valence-electron chi connectivity index (χ3n) is 3.58. The number of methoxy groups -OCH3 is 1. The van der Waals surface area contributed by atoms with Gasteiger partial charge in [0.1, 0.15) is 5.75 Å². The van der Waals surface area contributed by atoms with Gasteiger partial charge in [-0.15, -0.1) is 11.3 Å². The van der Waals surface area contributed by atoms with Crippen molar-refractivity contribution in [2.24, 2.45) is 0 Å². The summed E-state index contributed by atoms with van der Waals surface area (Å²) in [6.07, 6.45) is 2.15. The third kappa shape index (κ3) is 3.08. The molecule has 0 bridgehead atoms. The number of benzene rings is 1. The molecule has 1 aliphatic carbocycles. The lowest BCUT2D eigenvalue weighted by atomic mass is 10.1. The van der Waals surface area contributed by atoms with Gasteiger partial charge in [0, 0.05) is 11.4 Å². The predicted molar refractivity (Wildman–Crippen MR) is 82.7 cm³/mol. The Morgan fingerprint density at radius 2 is 2.19 bits per heavy atom. The Labute approximate surface area is 128 Å². The molecule has 3 rings (SSSR count). The SMILES string of the molecule is COc1ccccc1C(=O)N(Cc1csc(C)n1)C1CC1. The van der Waals surface area contributed by atoms with Crippen LogP contribution in [0.2, 0.25) is 0 Å². The predicted octanol–water partition coefficient (Wildman–Crippen LogP) is 3.26. The van der Waals surface area contributed by atoms with Crippen molar-refractivity contribution in [2.45, 2.75) is 32.4 Å². The number of carbonyl (C=O) groups excluding carboxylic acids is 1. The van der Waals surface area contributed by atoms with Gasteiger partial charge >= 0.3 is 0 Å². The Hall–Kier alpha value is -1.88. The lowest BCUT2D eigenvalue weighted by Gasteiger charge is -2.22. The molecule has 0 radical (unpaired) electrons. The average molecular weight is 302 g/mol. The molecule has 110 valence electrons. The van der Waals surface area contributed by atoms with E-state index in [1.165, 1.54) is 0 Å². The molecule has 1 heterocycles. The molecule has 0 atom stereocenters. The van der Waals surface area contributed by atoms with Crippen LogP contribution in [0.25, 0.3) is 0 Å². The Morgan fingerprint density at radius 3 is 2.81 bits per heavy atom. The summed E-state index contributed by atoms with van der Waals surface area (Å²) >= 11 is 1.62. The molecule has 2 aromatic rings. The van der Waals surface area contributed by atoms with Gasteiger partial charge in [-0.2, -0.15) is 0 Å². The van der Waals surface area contributed by atoms with E-state index in [9.17, 15) is 4.79 Å². The summed E-state index contributed by atoms with van der Waals surface area (Å²) in [6.45, 7) is 2.56. The van der Waals surface area contributed by atoms with Crippen LogP contribution in [0.3, 0.4) is 0 Å². The van der Waals surface area contributed by atoms with Gasteiger partial charge in [-0.05, 0) is 31.9 Å². The van der Waals surface area contributed by atoms with Crippen LogP contribution in [0.1, 0.15) is 33.9 Å². The minimum atomic E-state index is 0.0283.